The smallest absolute Gasteiger partial charge is 0.251 e. The van der Waals surface area contributed by atoms with Crippen LogP contribution in [-0.4, -0.2) is 53.3 Å². The van der Waals surface area contributed by atoms with Crippen LogP contribution in [0.15, 0.2) is 34.7 Å². The molecule has 1 unspecified atom stereocenters. The van der Waals surface area contributed by atoms with Gasteiger partial charge in [0.1, 0.15) is 11.1 Å². The fourth-order valence-corrected chi connectivity index (χ4v) is 4.87. The van der Waals surface area contributed by atoms with Gasteiger partial charge in [-0.05, 0) is 36.6 Å². The molecule has 1 aromatic heterocycles. The van der Waals surface area contributed by atoms with E-state index < -0.39 is 16.1 Å². The Labute approximate surface area is 156 Å². The molecule has 9 heteroatoms. The summed E-state index contributed by atoms with van der Waals surface area (Å²) in [4.78, 5) is 17.9. The summed E-state index contributed by atoms with van der Waals surface area (Å²) in [5.74, 6) is -0.343. The molecule has 2 aromatic rings. The first kappa shape index (κ1) is 19.0. The molecule has 26 heavy (non-hydrogen) atoms. The Morgan fingerprint density at radius 3 is 2.85 bits per heavy atom. The lowest BCUT2D eigenvalue weighted by molar-refractivity contribution is -0.140. The van der Waals surface area contributed by atoms with E-state index in [2.05, 4.69) is 4.98 Å². The van der Waals surface area contributed by atoms with Crippen LogP contribution in [0.4, 0.5) is 0 Å². The standard InChI is InChI=1S/C17H21N3O4S2/c1-12(21)17(22)20-7-5-13-3-4-15(9-14(13)10-20)26(23,24)19(2)11-16-18-6-8-25-16/h3-4,6,8-9,12,21H,5,7,10-11H2,1-2H3. The molecule has 1 aromatic carbocycles. The zero-order chi connectivity index (χ0) is 18.9. The number of carbonyl (C=O) groups is 1. The largest absolute Gasteiger partial charge is 0.384 e. The second-order valence-electron chi connectivity index (χ2n) is 6.30. The third-order valence-electron chi connectivity index (χ3n) is 4.41. The topological polar surface area (TPSA) is 90.8 Å². The maximum atomic E-state index is 12.9. The Kier molecular flexibility index (Phi) is 5.42. The second-order valence-corrected chi connectivity index (χ2v) is 9.33. The van der Waals surface area contributed by atoms with Gasteiger partial charge in [-0.15, -0.1) is 11.3 Å². The highest BCUT2D eigenvalue weighted by Crippen LogP contribution is 2.25. The van der Waals surface area contributed by atoms with Crippen LogP contribution in [0.3, 0.4) is 0 Å². The van der Waals surface area contributed by atoms with Gasteiger partial charge >= 0.3 is 0 Å². The second kappa shape index (κ2) is 7.43. The fourth-order valence-electron chi connectivity index (χ4n) is 2.93. The maximum Gasteiger partial charge on any atom is 0.251 e. The first-order chi connectivity index (χ1) is 12.3. The zero-order valence-corrected chi connectivity index (χ0v) is 16.3. The Hall–Kier alpha value is -1.81. The van der Waals surface area contributed by atoms with Gasteiger partial charge in [-0.25, -0.2) is 13.4 Å². The number of aromatic nitrogens is 1. The Balaban J connectivity index is 1.83. The zero-order valence-electron chi connectivity index (χ0n) is 14.6. The van der Waals surface area contributed by atoms with Gasteiger partial charge in [0.25, 0.3) is 5.91 Å². The maximum absolute atomic E-state index is 12.9. The minimum atomic E-state index is -3.66. The molecule has 0 fully saturated rings. The Morgan fingerprint density at radius 1 is 1.42 bits per heavy atom. The average molecular weight is 396 g/mol. The van der Waals surface area contributed by atoms with Gasteiger partial charge in [0, 0.05) is 31.7 Å². The summed E-state index contributed by atoms with van der Waals surface area (Å²) in [5, 5.41) is 12.0. The van der Waals surface area contributed by atoms with E-state index in [4.69, 9.17) is 0 Å². The molecule has 0 spiro atoms. The third-order valence-corrected chi connectivity index (χ3v) is 6.97. The molecular weight excluding hydrogens is 374 g/mol. The van der Waals surface area contributed by atoms with E-state index in [1.54, 1.807) is 23.2 Å². The van der Waals surface area contributed by atoms with Crippen LogP contribution in [0.25, 0.3) is 0 Å². The summed E-state index contributed by atoms with van der Waals surface area (Å²) in [6, 6.07) is 5.05. The van der Waals surface area contributed by atoms with Crippen LogP contribution in [0.5, 0.6) is 0 Å². The summed E-state index contributed by atoms with van der Waals surface area (Å²) in [7, 11) is -2.13. The van der Waals surface area contributed by atoms with Gasteiger partial charge < -0.3 is 10.0 Å². The van der Waals surface area contributed by atoms with Crippen LogP contribution in [-0.2, 0) is 34.3 Å². The van der Waals surface area contributed by atoms with E-state index in [-0.39, 0.29) is 17.3 Å². The number of hydrogen-bond donors (Lipinski definition) is 1. The van der Waals surface area contributed by atoms with Crippen molar-refractivity contribution in [2.45, 2.75) is 37.4 Å². The third kappa shape index (κ3) is 3.80. The molecule has 1 aliphatic heterocycles. The average Bonchev–Trinajstić information content (AvgIpc) is 3.12. The van der Waals surface area contributed by atoms with Crippen molar-refractivity contribution in [1.82, 2.24) is 14.2 Å². The molecular formula is C17H21N3O4S2. The van der Waals surface area contributed by atoms with Crippen LogP contribution in [0.1, 0.15) is 23.1 Å². The molecule has 1 amide bonds. The molecule has 1 atom stereocenters. The number of thiazole rings is 1. The van der Waals surface area contributed by atoms with Gasteiger partial charge in [0.05, 0.1) is 11.4 Å². The highest BCUT2D eigenvalue weighted by molar-refractivity contribution is 7.89. The lowest BCUT2D eigenvalue weighted by Gasteiger charge is -2.30. The van der Waals surface area contributed by atoms with Crippen LogP contribution in [0.2, 0.25) is 0 Å². The van der Waals surface area contributed by atoms with E-state index in [0.29, 0.717) is 19.5 Å². The van der Waals surface area contributed by atoms with E-state index in [1.807, 2.05) is 11.4 Å². The minimum absolute atomic E-state index is 0.196. The predicted octanol–water partition coefficient (Wildman–Crippen LogP) is 1.23. The number of benzene rings is 1. The Bertz CT molecular complexity index is 895. The quantitative estimate of drug-likeness (QED) is 0.822. The lowest BCUT2D eigenvalue weighted by atomic mass is 9.99. The molecule has 140 valence electrons. The van der Waals surface area contributed by atoms with E-state index >= 15 is 0 Å². The fraction of sp³-hybridized carbons (Fsp3) is 0.412. The van der Waals surface area contributed by atoms with Crippen molar-refractivity contribution in [2.75, 3.05) is 13.6 Å². The normalized spacial score (nSPS) is 15.8. The molecule has 2 heterocycles. The van der Waals surface area contributed by atoms with Crippen molar-refractivity contribution in [1.29, 1.82) is 0 Å². The molecule has 0 aliphatic carbocycles. The van der Waals surface area contributed by atoms with Gasteiger partial charge in [-0.3, -0.25) is 4.79 Å². The summed E-state index contributed by atoms with van der Waals surface area (Å²) >= 11 is 1.41. The highest BCUT2D eigenvalue weighted by atomic mass is 32.2. The molecule has 0 radical (unpaired) electrons. The van der Waals surface area contributed by atoms with Crippen molar-refractivity contribution in [3.63, 3.8) is 0 Å². The molecule has 0 bridgehead atoms. The summed E-state index contributed by atoms with van der Waals surface area (Å²) in [5.41, 5.74) is 1.83. The van der Waals surface area contributed by atoms with Crippen molar-refractivity contribution in [3.05, 3.63) is 45.9 Å². The number of hydrogen-bond acceptors (Lipinski definition) is 6. The molecule has 1 N–H and O–H groups in total. The first-order valence-electron chi connectivity index (χ1n) is 8.22. The minimum Gasteiger partial charge on any atom is -0.384 e. The van der Waals surface area contributed by atoms with Crippen molar-refractivity contribution >= 4 is 27.3 Å². The molecule has 7 nitrogen and oxygen atoms in total. The van der Waals surface area contributed by atoms with Crippen LogP contribution < -0.4 is 0 Å². The van der Waals surface area contributed by atoms with Crippen LogP contribution >= 0.6 is 11.3 Å². The molecule has 3 rings (SSSR count). The summed E-state index contributed by atoms with van der Waals surface area (Å²) < 4.78 is 27.0. The van der Waals surface area contributed by atoms with Gasteiger partial charge in [-0.2, -0.15) is 4.31 Å². The number of rotatable bonds is 5. The number of sulfonamides is 1. The van der Waals surface area contributed by atoms with Gasteiger partial charge in [0.15, 0.2) is 0 Å². The SMILES string of the molecule is CC(O)C(=O)N1CCc2ccc(S(=O)(=O)N(C)Cc3nccs3)cc2C1. The first-order valence-corrected chi connectivity index (χ1v) is 10.5. The van der Waals surface area contributed by atoms with Crippen molar-refractivity contribution < 1.29 is 18.3 Å². The highest BCUT2D eigenvalue weighted by Gasteiger charge is 2.27. The van der Waals surface area contributed by atoms with Crippen molar-refractivity contribution in [3.8, 4) is 0 Å². The summed E-state index contributed by atoms with van der Waals surface area (Å²) in [6.07, 6.45) is 1.23. The van der Waals surface area contributed by atoms with Crippen LogP contribution in [0, 0.1) is 0 Å². The predicted molar refractivity (Wildman–Crippen MR) is 98.0 cm³/mol. The molecule has 0 saturated heterocycles. The number of fused-ring (bicyclic) bond motifs is 1. The number of amides is 1. The van der Waals surface area contributed by atoms with E-state index in [0.717, 1.165) is 16.1 Å². The van der Waals surface area contributed by atoms with Gasteiger partial charge in [0.2, 0.25) is 10.0 Å². The van der Waals surface area contributed by atoms with E-state index in [1.165, 1.54) is 29.6 Å². The number of nitrogens with zero attached hydrogens (tertiary/aromatic N) is 3. The van der Waals surface area contributed by atoms with Crippen molar-refractivity contribution in [2.24, 2.45) is 0 Å². The lowest BCUT2D eigenvalue weighted by Crippen LogP contribution is -2.41. The molecule has 0 saturated carbocycles. The van der Waals surface area contributed by atoms with Gasteiger partial charge in [-0.1, -0.05) is 6.07 Å². The Morgan fingerprint density at radius 2 is 2.19 bits per heavy atom. The molecule has 1 aliphatic rings. The monoisotopic (exact) mass is 395 g/mol. The number of aliphatic hydroxyl groups excluding tert-OH is 1. The van der Waals surface area contributed by atoms with E-state index in [9.17, 15) is 18.3 Å². The summed E-state index contributed by atoms with van der Waals surface area (Å²) in [6.45, 7) is 2.47. The number of aliphatic hydroxyl groups is 1. The number of carbonyl (C=O) groups excluding carboxylic acids is 1.